The van der Waals surface area contributed by atoms with Crippen molar-refractivity contribution in [1.29, 1.82) is 0 Å². The summed E-state index contributed by atoms with van der Waals surface area (Å²) in [7, 11) is 0. The predicted molar refractivity (Wildman–Crippen MR) is 78.5 cm³/mol. The molecule has 0 aromatic heterocycles. The van der Waals surface area contributed by atoms with Gasteiger partial charge in [-0.1, -0.05) is 64.7 Å². The standard InChI is InChI=1S/C16H31NO/c1-2-3-4-5-6-7-8-9-10-12-15(17)16-13-11-14-18-16/h13,15H,2-12,14,17H2,1H3. The molecule has 2 heteroatoms. The molecule has 0 aliphatic carbocycles. The lowest BCUT2D eigenvalue weighted by Gasteiger charge is -2.12. The number of nitrogens with two attached hydrogens (primary N) is 1. The Morgan fingerprint density at radius 3 is 2.22 bits per heavy atom. The second kappa shape index (κ2) is 10.4. The van der Waals surface area contributed by atoms with E-state index in [-0.39, 0.29) is 6.04 Å². The fourth-order valence-corrected chi connectivity index (χ4v) is 2.51. The molecule has 106 valence electrons. The van der Waals surface area contributed by atoms with Gasteiger partial charge in [-0.3, -0.25) is 0 Å². The molecule has 2 N–H and O–H groups in total. The Kier molecular flexibility index (Phi) is 9.01. The average Bonchev–Trinajstić information content (AvgIpc) is 2.90. The predicted octanol–water partition coefficient (Wildman–Crippen LogP) is 4.54. The second-order valence-electron chi connectivity index (χ2n) is 5.47. The van der Waals surface area contributed by atoms with Gasteiger partial charge in [-0.05, 0) is 12.5 Å². The van der Waals surface area contributed by atoms with E-state index in [0.717, 1.165) is 25.2 Å². The van der Waals surface area contributed by atoms with Crippen LogP contribution in [0.25, 0.3) is 0 Å². The molecule has 1 rings (SSSR count). The second-order valence-corrected chi connectivity index (χ2v) is 5.47. The first-order chi connectivity index (χ1) is 8.84. The molecule has 0 amide bonds. The highest BCUT2D eigenvalue weighted by molar-refractivity contribution is 5.05. The van der Waals surface area contributed by atoms with Crippen LogP contribution in [0.4, 0.5) is 0 Å². The van der Waals surface area contributed by atoms with E-state index < -0.39 is 0 Å². The third kappa shape index (κ3) is 7.05. The lowest BCUT2D eigenvalue weighted by atomic mass is 10.0. The van der Waals surface area contributed by atoms with E-state index in [0.29, 0.717) is 0 Å². The van der Waals surface area contributed by atoms with Gasteiger partial charge in [0.15, 0.2) is 0 Å². The van der Waals surface area contributed by atoms with Crippen molar-refractivity contribution in [2.24, 2.45) is 5.73 Å². The Labute approximate surface area is 113 Å². The molecule has 1 aliphatic heterocycles. The molecule has 0 spiro atoms. The van der Waals surface area contributed by atoms with Crippen molar-refractivity contribution in [3.8, 4) is 0 Å². The average molecular weight is 253 g/mol. The molecule has 0 bridgehead atoms. The van der Waals surface area contributed by atoms with Gasteiger partial charge in [0, 0.05) is 6.42 Å². The maximum atomic E-state index is 6.08. The highest BCUT2D eigenvalue weighted by Gasteiger charge is 2.13. The number of rotatable bonds is 11. The van der Waals surface area contributed by atoms with Crippen LogP contribution >= 0.6 is 0 Å². The van der Waals surface area contributed by atoms with Crippen LogP contribution in [-0.2, 0) is 4.74 Å². The number of hydrogen-bond acceptors (Lipinski definition) is 2. The Morgan fingerprint density at radius 2 is 1.67 bits per heavy atom. The summed E-state index contributed by atoms with van der Waals surface area (Å²) in [5.74, 6) is 1.04. The molecule has 1 unspecified atom stereocenters. The van der Waals surface area contributed by atoms with Gasteiger partial charge in [0.25, 0.3) is 0 Å². The van der Waals surface area contributed by atoms with Gasteiger partial charge < -0.3 is 10.5 Å². The third-order valence-electron chi connectivity index (χ3n) is 3.72. The van der Waals surface area contributed by atoms with Crippen LogP contribution in [0.15, 0.2) is 11.8 Å². The van der Waals surface area contributed by atoms with Crippen LogP contribution in [0, 0.1) is 0 Å². The molecule has 1 aliphatic rings. The first-order valence-corrected chi connectivity index (χ1v) is 7.93. The van der Waals surface area contributed by atoms with Crippen LogP contribution in [0.5, 0.6) is 0 Å². The van der Waals surface area contributed by atoms with Gasteiger partial charge in [-0.15, -0.1) is 0 Å². The highest BCUT2D eigenvalue weighted by Crippen LogP contribution is 2.17. The molecule has 2 nitrogen and oxygen atoms in total. The molecule has 0 radical (unpaired) electrons. The molecule has 0 saturated heterocycles. The Morgan fingerprint density at radius 1 is 1.06 bits per heavy atom. The van der Waals surface area contributed by atoms with E-state index in [9.17, 15) is 0 Å². The zero-order valence-electron chi connectivity index (χ0n) is 12.1. The maximum absolute atomic E-state index is 6.08. The van der Waals surface area contributed by atoms with E-state index in [1.807, 2.05) is 0 Å². The molecule has 0 aromatic rings. The normalized spacial score (nSPS) is 16.4. The smallest absolute Gasteiger partial charge is 0.109 e. The molecular formula is C16H31NO. The van der Waals surface area contributed by atoms with Crippen molar-refractivity contribution >= 4 is 0 Å². The molecule has 1 atom stereocenters. The number of hydrogen-bond donors (Lipinski definition) is 1. The fourth-order valence-electron chi connectivity index (χ4n) is 2.51. The van der Waals surface area contributed by atoms with Crippen molar-refractivity contribution in [3.05, 3.63) is 11.8 Å². The minimum absolute atomic E-state index is 0.150. The maximum Gasteiger partial charge on any atom is 0.109 e. The lowest BCUT2D eigenvalue weighted by molar-refractivity contribution is 0.221. The number of ether oxygens (including phenoxy) is 1. The molecule has 0 fully saturated rings. The van der Waals surface area contributed by atoms with E-state index in [2.05, 4.69) is 13.0 Å². The quantitative estimate of drug-likeness (QED) is 0.549. The van der Waals surface area contributed by atoms with Crippen LogP contribution in [0.1, 0.15) is 77.6 Å². The lowest BCUT2D eigenvalue weighted by Crippen LogP contribution is -2.22. The Bertz CT molecular complexity index is 225. The highest BCUT2D eigenvalue weighted by atomic mass is 16.5. The first kappa shape index (κ1) is 15.6. The topological polar surface area (TPSA) is 35.2 Å². The molecule has 1 heterocycles. The Hall–Kier alpha value is -0.500. The van der Waals surface area contributed by atoms with Gasteiger partial charge in [0.2, 0.25) is 0 Å². The van der Waals surface area contributed by atoms with Crippen LogP contribution < -0.4 is 5.73 Å². The minimum Gasteiger partial charge on any atom is -0.496 e. The van der Waals surface area contributed by atoms with Crippen molar-refractivity contribution in [3.63, 3.8) is 0 Å². The van der Waals surface area contributed by atoms with Gasteiger partial charge >= 0.3 is 0 Å². The van der Waals surface area contributed by atoms with Crippen LogP contribution in [-0.4, -0.2) is 12.6 Å². The van der Waals surface area contributed by atoms with E-state index in [1.165, 1.54) is 57.8 Å². The summed E-state index contributed by atoms with van der Waals surface area (Å²) in [6.07, 6.45) is 16.6. The van der Waals surface area contributed by atoms with E-state index in [4.69, 9.17) is 10.5 Å². The zero-order chi connectivity index (χ0) is 13.1. The van der Waals surface area contributed by atoms with Crippen LogP contribution in [0.2, 0.25) is 0 Å². The SMILES string of the molecule is CCCCCCCCCCCC(N)C1=CCCO1. The van der Waals surface area contributed by atoms with Crippen LogP contribution in [0.3, 0.4) is 0 Å². The fraction of sp³-hybridized carbons (Fsp3) is 0.875. The summed E-state index contributed by atoms with van der Waals surface area (Å²) < 4.78 is 5.48. The summed E-state index contributed by atoms with van der Waals surface area (Å²) in [5, 5.41) is 0. The summed E-state index contributed by atoms with van der Waals surface area (Å²) in [5.41, 5.74) is 6.08. The van der Waals surface area contributed by atoms with Gasteiger partial charge in [0.05, 0.1) is 12.6 Å². The van der Waals surface area contributed by atoms with Crippen molar-refractivity contribution < 1.29 is 4.74 Å². The van der Waals surface area contributed by atoms with Gasteiger partial charge in [-0.2, -0.15) is 0 Å². The third-order valence-corrected chi connectivity index (χ3v) is 3.72. The summed E-state index contributed by atoms with van der Waals surface area (Å²) in [6.45, 7) is 3.10. The molecule has 18 heavy (non-hydrogen) atoms. The zero-order valence-corrected chi connectivity index (χ0v) is 12.1. The molecule has 0 saturated carbocycles. The summed E-state index contributed by atoms with van der Waals surface area (Å²) in [6, 6.07) is 0.150. The van der Waals surface area contributed by atoms with Crippen molar-refractivity contribution in [1.82, 2.24) is 0 Å². The first-order valence-electron chi connectivity index (χ1n) is 7.93. The van der Waals surface area contributed by atoms with Crippen molar-refractivity contribution in [2.75, 3.05) is 6.61 Å². The summed E-state index contributed by atoms with van der Waals surface area (Å²) >= 11 is 0. The molecule has 0 aromatic carbocycles. The van der Waals surface area contributed by atoms with Crippen molar-refractivity contribution in [2.45, 2.75) is 83.6 Å². The minimum atomic E-state index is 0.150. The van der Waals surface area contributed by atoms with E-state index in [1.54, 1.807) is 0 Å². The van der Waals surface area contributed by atoms with E-state index >= 15 is 0 Å². The van der Waals surface area contributed by atoms with Gasteiger partial charge in [0.1, 0.15) is 5.76 Å². The number of unbranched alkanes of at least 4 members (excludes halogenated alkanes) is 8. The summed E-state index contributed by atoms with van der Waals surface area (Å²) in [4.78, 5) is 0. The van der Waals surface area contributed by atoms with Gasteiger partial charge in [-0.25, -0.2) is 0 Å². The Balaban J connectivity index is 1.83. The largest absolute Gasteiger partial charge is 0.496 e. The molecular weight excluding hydrogens is 222 g/mol. The monoisotopic (exact) mass is 253 g/mol.